The Labute approximate surface area is 228 Å². The maximum Gasteiger partial charge on any atom is 0.307 e. The van der Waals surface area contributed by atoms with Crippen molar-refractivity contribution in [2.45, 2.75) is 64.6 Å². The number of esters is 4. The number of hydrogen-bond donors (Lipinski definition) is 2. The largest absolute Gasteiger partial charge is 0.756 e. The number of carbonyl (C=O) groups excluding carboxylic acids is 4. The zero-order valence-corrected chi connectivity index (χ0v) is 23.4. The molecule has 2 aliphatic carbocycles. The zero-order valence-electron chi connectivity index (χ0n) is 22.6. The second-order valence-corrected chi connectivity index (χ2v) is 11.1. The summed E-state index contributed by atoms with van der Waals surface area (Å²) in [4.78, 5) is 58.8. The van der Waals surface area contributed by atoms with Crippen molar-refractivity contribution in [3.05, 3.63) is 0 Å². The predicted octanol–water partition coefficient (Wildman–Crippen LogP) is 0.217. The van der Waals surface area contributed by atoms with Crippen molar-refractivity contribution in [2.24, 2.45) is 11.8 Å². The van der Waals surface area contributed by atoms with Gasteiger partial charge in [-0.3, -0.25) is 23.7 Å². The molecule has 0 saturated heterocycles. The van der Waals surface area contributed by atoms with Crippen LogP contribution in [0.1, 0.15) is 52.4 Å². The monoisotopic (exact) mass is 579 g/mol. The van der Waals surface area contributed by atoms with Gasteiger partial charge in [0.15, 0.2) is 12.2 Å². The van der Waals surface area contributed by atoms with Crippen LogP contribution >= 0.6 is 7.82 Å². The number of phosphoric acid groups is 1. The fourth-order valence-corrected chi connectivity index (χ4v) is 3.98. The maximum atomic E-state index is 12.3. The summed E-state index contributed by atoms with van der Waals surface area (Å²) >= 11 is 0. The molecule has 0 amide bonds. The third-order valence-electron chi connectivity index (χ3n) is 5.64. The molecule has 0 heterocycles. The van der Waals surface area contributed by atoms with Crippen LogP contribution in [-0.2, 0) is 51.7 Å². The van der Waals surface area contributed by atoms with Crippen LogP contribution in [0.2, 0.25) is 0 Å². The van der Waals surface area contributed by atoms with E-state index in [4.69, 9.17) is 28.0 Å². The van der Waals surface area contributed by atoms with Crippen LogP contribution in [0, 0.1) is 11.8 Å². The van der Waals surface area contributed by atoms with Gasteiger partial charge in [-0.2, -0.15) is 0 Å². The van der Waals surface area contributed by atoms with Gasteiger partial charge < -0.3 is 43.5 Å². The van der Waals surface area contributed by atoms with E-state index in [1.807, 2.05) is 0 Å². The van der Waals surface area contributed by atoms with Crippen molar-refractivity contribution in [3.8, 4) is 0 Å². The SMILES string of the molecule is CC(=O)OC[C@H](COP(=O)([O-])OCC(COC(=O)CCNCC1CC1)OC(=O)CCNCC1CC1)OC(C)=O. The summed E-state index contributed by atoms with van der Waals surface area (Å²) in [5.74, 6) is -1.25. The summed E-state index contributed by atoms with van der Waals surface area (Å²) in [5, 5.41) is 6.31. The highest BCUT2D eigenvalue weighted by atomic mass is 31.2. The van der Waals surface area contributed by atoms with Gasteiger partial charge >= 0.3 is 23.9 Å². The van der Waals surface area contributed by atoms with Crippen LogP contribution in [0.25, 0.3) is 0 Å². The topological polar surface area (TPSA) is 188 Å². The van der Waals surface area contributed by atoms with Gasteiger partial charge in [0.05, 0.1) is 26.1 Å². The van der Waals surface area contributed by atoms with E-state index in [2.05, 4.69) is 10.6 Å². The Kier molecular flexibility index (Phi) is 14.9. The van der Waals surface area contributed by atoms with Crippen molar-refractivity contribution in [1.29, 1.82) is 0 Å². The van der Waals surface area contributed by atoms with Gasteiger partial charge in [0.1, 0.15) is 13.2 Å². The lowest BCUT2D eigenvalue weighted by atomic mass is 10.3. The van der Waals surface area contributed by atoms with E-state index in [9.17, 15) is 28.6 Å². The molecule has 2 unspecified atom stereocenters. The Balaban J connectivity index is 1.80. The highest BCUT2D eigenvalue weighted by molar-refractivity contribution is 7.45. The minimum absolute atomic E-state index is 0.0357. The molecule has 0 bridgehead atoms. The van der Waals surface area contributed by atoms with Gasteiger partial charge in [-0.25, -0.2) is 0 Å². The van der Waals surface area contributed by atoms with Gasteiger partial charge in [0, 0.05) is 26.9 Å². The number of rotatable bonds is 22. The van der Waals surface area contributed by atoms with Crippen LogP contribution in [0.4, 0.5) is 0 Å². The van der Waals surface area contributed by atoms with E-state index < -0.39 is 70.3 Å². The van der Waals surface area contributed by atoms with Gasteiger partial charge in [-0.05, 0) is 50.6 Å². The van der Waals surface area contributed by atoms with E-state index in [1.165, 1.54) is 25.7 Å². The summed E-state index contributed by atoms with van der Waals surface area (Å²) < 4.78 is 41.9. The zero-order chi connectivity index (χ0) is 28.7. The Morgan fingerprint density at radius 1 is 0.744 bits per heavy atom. The second kappa shape index (κ2) is 17.6. The average molecular weight is 580 g/mol. The van der Waals surface area contributed by atoms with Gasteiger partial charge in [0.25, 0.3) is 7.82 Å². The molecule has 2 saturated carbocycles. The summed E-state index contributed by atoms with van der Waals surface area (Å²) in [6.45, 7) is 2.53. The molecular formula is C24H40N2O12P-. The molecule has 224 valence electrons. The lowest BCUT2D eigenvalue weighted by Crippen LogP contribution is -2.33. The highest BCUT2D eigenvalue weighted by Crippen LogP contribution is 2.38. The Hall–Kier alpha value is -2.09. The molecule has 0 aliphatic heterocycles. The molecule has 2 fully saturated rings. The Morgan fingerprint density at radius 3 is 1.72 bits per heavy atom. The molecule has 2 N–H and O–H groups in total. The van der Waals surface area contributed by atoms with Crippen LogP contribution in [0.5, 0.6) is 0 Å². The number of phosphoric ester groups is 1. The molecule has 0 aromatic heterocycles. The Morgan fingerprint density at radius 2 is 1.23 bits per heavy atom. The van der Waals surface area contributed by atoms with Crippen LogP contribution < -0.4 is 15.5 Å². The van der Waals surface area contributed by atoms with Crippen molar-refractivity contribution >= 4 is 31.7 Å². The number of carbonyl (C=O) groups is 4. The fraction of sp³-hybridized carbons (Fsp3) is 0.833. The van der Waals surface area contributed by atoms with Crippen molar-refractivity contribution in [2.75, 3.05) is 52.6 Å². The van der Waals surface area contributed by atoms with Crippen LogP contribution in [-0.4, -0.2) is 88.7 Å². The van der Waals surface area contributed by atoms with Gasteiger partial charge in [0.2, 0.25) is 0 Å². The summed E-state index contributed by atoms with van der Waals surface area (Å²) in [7, 11) is -4.97. The maximum absolute atomic E-state index is 12.3. The van der Waals surface area contributed by atoms with Crippen molar-refractivity contribution in [3.63, 3.8) is 0 Å². The number of nitrogens with one attached hydrogen (secondary N) is 2. The Bertz CT molecular complexity index is 849. The molecule has 0 aromatic carbocycles. The molecule has 39 heavy (non-hydrogen) atoms. The summed E-state index contributed by atoms with van der Waals surface area (Å²) in [6, 6.07) is 0. The fourth-order valence-electron chi connectivity index (χ4n) is 3.20. The highest BCUT2D eigenvalue weighted by Gasteiger charge is 2.24. The average Bonchev–Trinajstić information content (AvgIpc) is 3.78. The molecule has 2 rings (SSSR count). The first-order chi connectivity index (χ1) is 18.5. The van der Waals surface area contributed by atoms with Crippen LogP contribution in [0.3, 0.4) is 0 Å². The van der Waals surface area contributed by atoms with Crippen molar-refractivity contribution in [1.82, 2.24) is 10.6 Å². The second-order valence-electron chi connectivity index (χ2n) is 9.66. The lowest BCUT2D eigenvalue weighted by Gasteiger charge is -2.27. The third kappa shape index (κ3) is 18.0. The molecule has 2 aliphatic rings. The van der Waals surface area contributed by atoms with E-state index in [1.54, 1.807) is 0 Å². The quantitative estimate of drug-likeness (QED) is 0.0767. The molecule has 3 atom stereocenters. The molecule has 0 aromatic rings. The van der Waals surface area contributed by atoms with E-state index in [0.717, 1.165) is 26.9 Å². The van der Waals surface area contributed by atoms with Gasteiger partial charge in [-0.1, -0.05) is 0 Å². The summed E-state index contributed by atoms with van der Waals surface area (Å²) in [6.07, 6.45) is 2.44. The normalized spacial score (nSPS) is 17.9. The minimum atomic E-state index is -4.97. The number of ether oxygens (including phenoxy) is 4. The minimum Gasteiger partial charge on any atom is -0.756 e. The number of hydrogen-bond acceptors (Lipinski definition) is 14. The van der Waals surface area contributed by atoms with E-state index in [0.29, 0.717) is 24.9 Å². The lowest BCUT2D eigenvalue weighted by molar-refractivity contribution is -0.231. The summed E-state index contributed by atoms with van der Waals surface area (Å²) in [5.41, 5.74) is 0. The van der Waals surface area contributed by atoms with Gasteiger partial charge in [-0.15, -0.1) is 0 Å². The van der Waals surface area contributed by atoms with Crippen LogP contribution in [0.15, 0.2) is 0 Å². The molecule has 0 spiro atoms. The smallest absolute Gasteiger partial charge is 0.307 e. The third-order valence-corrected chi connectivity index (χ3v) is 6.57. The molecule has 14 nitrogen and oxygen atoms in total. The molecule has 0 radical (unpaired) electrons. The first-order valence-electron chi connectivity index (χ1n) is 13.2. The van der Waals surface area contributed by atoms with Crippen molar-refractivity contribution < 1.29 is 56.6 Å². The molecular weight excluding hydrogens is 539 g/mol. The standard InChI is InChI=1S/C24H41N2O12P/c1-17(27)33-13-21(37-18(2)28)15-35-39(31,32)36-16-22(38-24(30)8-10-26-12-20-5-6-20)14-34-23(29)7-9-25-11-19-3-4-19/h19-22,25-26H,3-16H2,1-2H3,(H,31,32)/p-1/t21-,22?/m1/s1. The van der Waals surface area contributed by atoms with E-state index in [-0.39, 0.29) is 12.8 Å². The van der Waals surface area contributed by atoms with E-state index >= 15 is 0 Å². The first kappa shape index (κ1) is 33.1. The first-order valence-corrected chi connectivity index (χ1v) is 14.7. The molecule has 15 heteroatoms. The predicted molar refractivity (Wildman–Crippen MR) is 133 cm³/mol.